The number of nitriles is 2. The number of nitrogens with one attached hydrogen (secondary N) is 1. The molecule has 1 aliphatic carbocycles. The first kappa shape index (κ1) is 23.7. The van der Waals surface area contributed by atoms with Gasteiger partial charge in [-0.25, -0.2) is 4.99 Å². The number of carbonyl (C=O) groups is 1. The zero-order chi connectivity index (χ0) is 23.5. The summed E-state index contributed by atoms with van der Waals surface area (Å²) in [6, 6.07) is 15.7. The van der Waals surface area contributed by atoms with Gasteiger partial charge in [0.25, 0.3) is 0 Å². The van der Waals surface area contributed by atoms with Crippen LogP contribution in [0.15, 0.2) is 59.9 Å². The number of aliphatic imine (C=N–C) groups is 1. The van der Waals surface area contributed by atoms with Crippen LogP contribution in [0.25, 0.3) is 5.57 Å². The number of hydrogen-bond donors (Lipinski definition) is 2. The molecule has 0 unspecified atom stereocenters. The van der Waals surface area contributed by atoms with Crippen LogP contribution >= 0.6 is 0 Å². The average Bonchev–Trinajstić information content (AvgIpc) is 3.33. The molecule has 0 amide bonds. The van der Waals surface area contributed by atoms with Crippen molar-refractivity contribution in [2.75, 3.05) is 0 Å². The number of rotatable bonds is 9. The average molecular weight is 442 g/mol. The number of aromatic nitrogens is 1. The summed E-state index contributed by atoms with van der Waals surface area (Å²) in [7, 11) is 0. The number of hydrogen-bond acceptors (Lipinski definition) is 5. The molecule has 33 heavy (non-hydrogen) atoms. The zero-order valence-electron chi connectivity index (χ0n) is 18.4. The van der Waals surface area contributed by atoms with Gasteiger partial charge in [-0.15, -0.1) is 0 Å². The molecule has 0 atom stereocenters. The van der Waals surface area contributed by atoms with Crippen LogP contribution in [0.3, 0.4) is 0 Å². The second-order valence-corrected chi connectivity index (χ2v) is 8.01. The number of amidine groups is 1. The van der Waals surface area contributed by atoms with Gasteiger partial charge in [0, 0.05) is 30.4 Å². The van der Waals surface area contributed by atoms with Crippen LogP contribution in [0.4, 0.5) is 5.69 Å². The molecular weight excluding hydrogens is 414 g/mol. The third kappa shape index (κ3) is 7.02. The lowest BCUT2D eigenvalue weighted by atomic mass is 9.97. The van der Waals surface area contributed by atoms with Crippen molar-refractivity contribution >= 4 is 23.1 Å². The van der Waals surface area contributed by atoms with Crippen molar-refractivity contribution in [2.24, 2.45) is 10.9 Å². The topological polar surface area (TPSA) is 122 Å². The maximum atomic E-state index is 10.9. The minimum absolute atomic E-state index is 0.112. The van der Waals surface area contributed by atoms with Gasteiger partial charge < -0.3 is 10.4 Å². The van der Waals surface area contributed by atoms with Crippen LogP contribution in [-0.2, 0) is 4.79 Å². The number of benzene rings is 1. The van der Waals surface area contributed by atoms with Crippen LogP contribution in [0.2, 0.25) is 0 Å². The number of unbranched alkanes of at least 4 members (excludes halogenated alkanes) is 1. The number of aliphatic carboxylic acids is 1. The van der Waals surface area contributed by atoms with Gasteiger partial charge in [0.2, 0.25) is 0 Å². The van der Waals surface area contributed by atoms with E-state index in [9.17, 15) is 15.3 Å². The highest BCUT2D eigenvalue weighted by atomic mass is 16.4. The molecule has 2 aromatic rings. The minimum Gasteiger partial charge on any atom is -0.481 e. The Labute approximate surface area is 194 Å². The van der Waals surface area contributed by atoms with Crippen molar-refractivity contribution in [3.05, 3.63) is 66.0 Å². The van der Waals surface area contributed by atoms with E-state index >= 15 is 0 Å². The largest absolute Gasteiger partial charge is 0.481 e. The van der Waals surface area contributed by atoms with Gasteiger partial charge in [0.1, 0.15) is 5.84 Å². The first-order chi connectivity index (χ1) is 16.1. The maximum Gasteiger partial charge on any atom is 0.303 e. The molecule has 0 bridgehead atoms. The summed E-state index contributed by atoms with van der Waals surface area (Å²) < 4.78 is 0. The standard InChI is InChI=1S/C26H27N5O2/c27-16-21(17-28)26(30-22-9-1-2-10-22)31-23-11-5-7-19(15-23)24(12-3-4-13-25(32)33)20-8-6-14-29-18-20/h5-8,11-12,14-15,18,21-22H,1-4,9-10,13H2,(H,30,31)(H,32,33)/b24-12+. The Morgan fingerprint density at radius 2 is 1.97 bits per heavy atom. The van der Waals surface area contributed by atoms with Crippen LogP contribution < -0.4 is 5.32 Å². The Morgan fingerprint density at radius 3 is 2.64 bits per heavy atom. The van der Waals surface area contributed by atoms with Crippen molar-refractivity contribution in [2.45, 2.75) is 51.0 Å². The number of allylic oxidation sites excluding steroid dienone is 1. The summed E-state index contributed by atoms with van der Waals surface area (Å²) in [6.45, 7) is 0. The predicted molar refractivity (Wildman–Crippen MR) is 126 cm³/mol. The molecule has 1 saturated carbocycles. The lowest BCUT2D eigenvalue weighted by Crippen LogP contribution is -2.36. The van der Waals surface area contributed by atoms with E-state index in [1.54, 1.807) is 12.4 Å². The van der Waals surface area contributed by atoms with Crippen LogP contribution in [0.5, 0.6) is 0 Å². The van der Waals surface area contributed by atoms with Crippen molar-refractivity contribution in [1.82, 2.24) is 10.3 Å². The summed E-state index contributed by atoms with van der Waals surface area (Å²) in [5, 5.41) is 31.1. The monoisotopic (exact) mass is 441 g/mol. The molecule has 1 aliphatic rings. The van der Waals surface area contributed by atoms with Crippen molar-refractivity contribution in [3.8, 4) is 12.1 Å². The second kappa shape index (κ2) is 12.2. The summed E-state index contributed by atoms with van der Waals surface area (Å²) >= 11 is 0. The Bertz CT molecular complexity index is 1080. The third-order valence-corrected chi connectivity index (χ3v) is 5.56. The number of nitrogens with zero attached hydrogens (tertiary/aromatic N) is 4. The molecule has 1 fully saturated rings. The van der Waals surface area contributed by atoms with Gasteiger partial charge >= 0.3 is 5.97 Å². The van der Waals surface area contributed by atoms with Crippen molar-refractivity contribution < 1.29 is 9.90 Å². The summed E-state index contributed by atoms with van der Waals surface area (Å²) in [5.74, 6) is -1.38. The van der Waals surface area contributed by atoms with E-state index in [1.165, 1.54) is 0 Å². The normalized spacial score (nSPS) is 14.6. The molecule has 7 heteroatoms. The number of carboxylic acids is 1. The Balaban J connectivity index is 1.93. The SMILES string of the molecule is N#CC(C#N)C(=Nc1cccc(/C(=C\CCCC(=O)O)c2cccnc2)c1)NC1CCCC1. The lowest BCUT2D eigenvalue weighted by Gasteiger charge is -2.16. The molecule has 7 nitrogen and oxygen atoms in total. The lowest BCUT2D eigenvalue weighted by molar-refractivity contribution is -0.137. The smallest absolute Gasteiger partial charge is 0.303 e. The van der Waals surface area contributed by atoms with E-state index in [1.807, 2.05) is 54.6 Å². The van der Waals surface area contributed by atoms with Gasteiger partial charge in [-0.3, -0.25) is 9.78 Å². The molecule has 0 saturated heterocycles. The van der Waals surface area contributed by atoms with E-state index in [4.69, 9.17) is 5.11 Å². The molecule has 0 spiro atoms. The fraction of sp³-hybridized carbons (Fsp3) is 0.346. The molecule has 1 heterocycles. The number of pyridine rings is 1. The summed E-state index contributed by atoms with van der Waals surface area (Å²) in [5.41, 5.74) is 3.41. The molecule has 0 aliphatic heterocycles. The quantitative estimate of drug-likeness (QED) is 0.321. The first-order valence-electron chi connectivity index (χ1n) is 11.2. The molecular formula is C26H27N5O2. The van der Waals surface area contributed by atoms with E-state index in [0.717, 1.165) is 42.4 Å². The molecule has 1 aromatic carbocycles. The summed E-state index contributed by atoms with van der Waals surface area (Å²) in [4.78, 5) is 19.7. The van der Waals surface area contributed by atoms with Crippen molar-refractivity contribution in [1.29, 1.82) is 10.5 Å². The van der Waals surface area contributed by atoms with E-state index in [2.05, 4.69) is 15.3 Å². The van der Waals surface area contributed by atoms with Crippen LogP contribution in [0.1, 0.15) is 56.1 Å². The highest BCUT2D eigenvalue weighted by molar-refractivity contribution is 5.91. The van der Waals surface area contributed by atoms with E-state index in [-0.39, 0.29) is 12.5 Å². The van der Waals surface area contributed by atoms with E-state index < -0.39 is 11.9 Å². The van der Waals surface area contributed by atoms with Gasteiger partial charge in [0.15, 0.2) is 5.92 Å². The Kier molecular flexibility index (Phi) is 8.73. The van der Waals surface area contributed by atoms with Gasteiger partial charge in [0.05, 0.1) is 17.8 Å². The fourth-order valence-electron chi connectivity index (χ4n) is 3.92. The van der Waals surface area contributed by atoms with Crippen LogP contribution in [0, 0.1) is 28.6 Å². The molecule has 1 aromatic heterocycles. The molecule has 2 N–H and O–H groups in total. The van der Waals surface area contributed by atoms with Gasteiger partial charge in [-0.2, -0.15) is 10.5 Å². The highest BCUT2D eigenvalue weighted by Crippen LogP contribution is 2.28. The van der Waals surface area contributed by atoms with Crippen LogP contribution in [-0.4, -0.2) is 27.9 Å². The minimum atomic E-state index is -0.960. The fourth-order valence-corrected chi connectivity index (χ4v) is 3.92. The Hall–Kier alpha value is -3.97. The van der Waals surface area contributed by atoms with Crippen molar-refractivity contribution in [3.63, 3.8) is 0 Å². The predicted octanol–water partition coefficient (Wildman–Crippen LogP) is 4.99. The van der Waals surface area contributed by atoms with Gasteiger partial charge in [-0.05, 0) is 55.0 Å². The molecule has 0 radical (unpaired) electrons. The Morgan fingerprint density at radius 1 is 1.21 bits per heavy atom. The van der Waals surface area contributed by atoms with Gasteiger partial charge in [-0.1, -0.05) is 37.1 Å². The first-order valence-corrected chi connectivity index (χ1v) is 11.2. The summed E-state index contributed by atoms with van der Waals surface area (Å²) in [6.07, 6.45) is 11.0. The third-order valence-electron chi connectivity index (χ3n) is 5.56. The molecule has 168 valence electrons. The zero-order valence-corrected chi connectivity index (χ0v) is 18.4. The maximum absolute atomic E-state index is 10.9. The number of carboxylic acid groups (broad SMARTS) is 1. The second-order valence-electron chi connectivity index (χ2n) is 8.01. The molecule has 3 rings (SSSR count). The van der Waals surface area contributed by atoms with E-state index in [0.29, 0.717) is 24.4 Å². The highest BCUT2D eigenvalue weighted by Gasteiger charge is 2.21.